The van der Waals surface area contributed by atoms with Crippen LogP contribution in [-0.2, 0) is 22.7 Å². The summed E-state index contributed by atoms with van der Waals surface area (Å²) >= 11 is 12.5. The molecule has 4 amide bonds. The Morgan fingerprint density at radius 2 is 1.87 bits per heavy atom. The lowest BCUT2D eigenvalue weighted by Gasteiger charge is -2.54. The number of nitrogens with zero attached hydrogens (tertiary/aromatic N) is 4. The van der Waals surface area contributed by atoms with Crippen LogP contribution >= 0.6 is 23.2 Å². The molecule has 4 rings (SSSR count). The Morgan fingerprint density at radius 3 is 2.53 bits per heavy atom. The number of methoxy groups -OCH3 is 1. The zero-order chi connectivity index (χ0) is 27.4. The van der Waals surface area contributed by atoms with Crippen molar-refractivity contribution in [3.05, 3.63) is 63.6 Å². The average Bonchev–Trinajstić information content (AvgIpc) is 2.89. The van der Waals surface area contributed by atoms with Crippen LogP contribution < -0.4 is 10.1 Å². The van der Waals surface area contributed by atoms with Gasteiger partial charge in [-0.05, 0) is 41.8 Å². The molecule has 11 heteroatoms. The third-order valence-corrected chi connectivity index (χ3v) is 7.54. The molecule has 0 radical (unpaired) electrons. The number of likely N-dealkylation sites (N-methyl/N-ethyl adjacent to an activating group) is 1. The van der Waals surface area contributed by atoms with Crippen LogP contribution in [-0.4, -0.2) is 77.1 Å². The Morgan fingerprint density at radius 1 is 1.13 bits per heavy atom. The summed E-state index contributed by atoms with van der Waals surface area (Å²) in [4.78, 5) is 43.7. The first-order chi connectivity index (χ1) is 18.2. The first-order valence-electron chi connectivity index (χ1n) is 12.7. The van der Waals surface area contributed by atoms with E-state index in [1.54, 1.807) is 52.2 Å². The normalized spacial score (nSPS) is 20.0. The Hall–Kier alpha value is -3.01. The van der Waals surface area contributed by atoms with Crippen molar-refractivity contribution in [2.24, 2.45) is 0 Å². The van der Waals surface area contributed by atoms with Crippen molar-refractivity contribution in [1.82, 2.24) is 25.1 Å². The number of benzene rings is 2. The number of rotatable bonds is 8. The minimum atomic E-state index is -0.655. The summed E-state index contributed by atoms with van der Waals surface area (Å²) in [5.74, 6) is 0.420. The number of fused-ring (bicyclic) bond motifs is 1. The van der Waals surface area contributed by atoms with Gasteiger partial charge in [-0.25, -0.2) is 14.8 Å². The molecule has 0 bridgehead atoms. The Kier molecular flexibility index (Phi) is 9.02. The molecular weight excluding hydrogens is 529 g/mol. The molecule has 1 N–H and O–H groups in total. The molecule has 2 aliphatic rings. The fourth-order valence-corrected chi connectivity index (χ4v) is 5.45. The zero-order valence-electron chi connectivity index (χ0n) is 21.8. The number of carbonyl (C=O) groups excluding carboxylic acids is 3. The van der Waals surface area contributed by atoms with Crippen LogP contribution in [0.5, 0.6) is 5.75 Å². The standard InChI is InChI=1S/C27H33Cl2N5O4/c1-4-5-6-23-26(36)32(15-19-9-10-20(28)13-22(19)29)16-24-33(23)25(35)17-31(2)34(24)27(37)30-14-18-7-11-21(38-3)12-8-18/h7-13,23-24H,4-6,14-17H2,1-3H3,(H,30,37)/t23-,24-/m0/s1. The number of hydrazine groups is 1. The van der Waals surface area contributed by atoms with Gasteiger partial charge in [0.2, 0.25) is 11.8 Å². The van der Waals surface area contributed by atoms with Crippen LogP contribution in [0.25, 0.3) is 0 Å². The van der Waals surface area contributed by atoms with Crippen molar-refractivity contribution < 1.29 is 19.1 Å². The molecule has 2 saturated heterocycles. The van der Waals surface area contributed by atoms with Crippen LogP contribution in [0.15, 0.2) is 42.5 Å². The van der Waals surface area contributed by atoms with Gasteiger partial charge in [0.25, 0.3) is 0 Å². The molecule has 2 aromatic carbocycles. The van der Waals surface area contributed by atoms with Crippen LogP contribution in [0, 0.1) is 0 Å². The van der Waals surface area contributed by atoms with Gasteiger partial charge in [-0.3, -0.25) is 9.59 Å². The van der Waals surface area contributed by atoms with Gasteiger partial charge in [0, 0.05) is 30.2 Å². The maximum atomic E-state index is 13.7. The first kappa shape index (κ1) is 28.0. The van der Waals surface area contributed by atoms with Gasteiger partial charge in [0.15, 0.2) is 0 Å². The Balaban J connectivity index is 1.59. The summed E-state index contributed by atoms with van der Waals surface area (Å²) in [7, 11) is 3.31. The van der Waals surface area contributed by atoms with Crippen molar-refractivity contribution in [3.63, 3.8) is 0 Å². The lowest BCUT2D eigenvalue weighted by molar-refractivity contribution is -0.188. The number of nitrogens with one attached hydrogen (secondary N) is 1. The van der Waals surface area contributed by atoms with E-state index in [1.807, 2.05) is 31.2 Å². The zero-order valence-corrected chi connectivity index (χ0v) is 23.3. The number of piperazine rings is 1. The Labute approximate surface area is 233 Å². The highest BCUT2D eigenvalue weighted by Gasteiger charge is 2.50. The highest BCUT2D eigenvalue weighted by atomic mass is 35.5. The highest BCUT2D eigenvalue weighted by molar-refractivity contribution is 6.35. The summed E-state index contributed by atoms with van der Waals surface area (Å²) < 4.78 is 5.20. The SMILES string of the molecule is CCCC[C@H]1C(=O)N(Cc2ccc(Cl)cc2Cl)C[C@H]2N1C(=O)CN(C)N2C(=O)NCc1ccc(OC)cc1. The van der Waals surface area contributed by atoms with Crippen molar-refractivity contribution in [3.8, 4) is 5.75 Å². The molecule has 2 heterocycles. The predicted octanol–water partition coefficient (Wildman–Crippen LogP) is 4.13. The number of carbonyl (C=O) groups is 3. The van der Waals surface area contributed by atoms with E-state index in [1.165, 1.54) is 0 Å². The number of amides is 4. The largest absolute Gasteiger partial charge is 0.497 e. The summed E-state index contributed by atoms with van der Waals surface area (Å²) in [5, 5.41) is 7.10. The van der Waals surface area contributed by atoms with Gasteiger partial charge in [0.05, 0.1) is 20.2 Å². The molecule has 9 nitrogen and oxygen atoms in total. The topological polar surface area (TPSA) is 85.4 Å². The van der Waals surface area contributed by atoms with E-state index in [4.69, 9.17) is 27.9 Å². The van der Waals surface area contributed by atoms with E-state index in [-0.39, 0.29) is 37.5 Å². The van der Waals surface area contributed by atoms with Crippen molar-refractivity contribution >= 4 is 41.0 Å². The second-order valence-corrected chi connectivity index (χ2v) is 10.4. The smallest absolute Gasteiger partial charge is 0.334 e. The van der Waals surface area contributed by atoms with Crippen molar-refractivity contribution in [2.45, 2.75) is 51.5 Å². The molecule has 204 valence electrons. The first-order valence-corrected chi connectivity index (χ1v) is 13.4. The number of hydrogen-bond acceptors (Lipinski definition) is 5. The summed E-state index contributed by atoms with van der Waals surface area (Å²) in [6.07, 6.45) is 1.53. The van der Waals surface area contributed by atoms with Crippen LogP contribution in [0.4, 0.5) is 4.79 Å². The van der Waals surface area contributed by atoms with Gasteiger partial charge in [-0.15, -0.1) is 0 Å². The maximum Gasteiger partial charge on any atom is 0.334 e. The van der Waals surface area contributed by atoms with Crippen molar-refractivity contribution in [1.29, 1.82) is 0 Å². The Bertz CT molecular complexity index is 1180. The minimum Gasteiger partial charge on any atom is -0.497 e. The second kappa shape index (κ2) is 12.2. The van der Waals surface area contributed by atoms with E-state index in [2.05, 4.69) is 5.32 Å². The second-order valence-electron chi connectivity index (χ2n) is 9.56. The molecule has 2 atom stereocenters. The number of urea groups is 1. The number of halogens is 2. The van der Waals surface area contributed by atoms with Crippen LogP contribution in [0.2, 0.25) is 10.0 Å². The monoisotopic (exact) mass is 561 g/mol. The quantitative estimate of drug-likeness (QED) is 0.523. The molecule has 38 heavy (non-hydrogen) atoms. The number of unbranched alkanes of at least 4 members (excludes halogenated alkanes) is 1. The lowest BCUT2D eigenvalue weighted by Crippen LogP contribution is -2.75. The van der Waals surface area contributed by atoms with Crippen LogP contribution in [0.3, 0.4) is 0 Å². The third kappa shape index (κ3) is 6.00. The fraction of sp³-hybridized carbons (Fsp3) is 0.444. The summed E-state index contributed by atoms with van der Waals surface area (Å²) in [6, 6.07) is 11.6. The van der Waals surface area contributed by atoms with Crippen molar-refractivity contribution in [2.75, 3.05) is 27.2 Å². The van der Waals surface area contributed by atoms with E-state index in [9.17, 15) is 14.4 Å². The van der Waals surface area contributed by atoms with Gasteiger partial charge < -0.3 is 19.9 Å². The predicted molar refractivity (Wildman–Crippen MR) is 146 cm³/mol. The molecule has 0 unspecified atom stereocenters. The highest BCUT2D eigenvalue weighted by Crippen LogP contribution is 2.30. The summed E-state index contributed by atoms with van der Waals surface area (Å²) in [6.45, 7) is 2.76. The molecule has 0 aliphatic carbocycles. The molecule has 0 aromatic heterocycles. The van der Waals surface area contributed by atoms with E-state index >= 15 is 0 Å². The minimum absolute atomic E-state index is 0.00533. The van der Waals surface area contributed by atoms with Crippen LogP contribution in [0.1, 0.15) is 37.3 Å². The van der Waals surface area contributed by atoms with E-state index < -0.39 is 12.2 Å². The maximum absolute atomic E-state index is 13.7. The molecule has 0 spiro atoms. The molecule has 0 saturated carbocycles. The fourth-order valence-electron chi connectivity index (χ4n) is 4.98. The number of hydrogen-bond donors (Lipinski definition) is 1. The number of ether oxygens (including phenoxy) is 1. The van der Waals surface area contributed by atoms with Gasteiger partial charge in [0.1, 0.15) is 18.0 Å². The van der Waals surface area contributed by atoms with E-state index in [0.717, 1.165) is 29.7 Å². The molecule has 2 aromatic rings. The average molecular weight is 562 g/mol. The van der Waals surface area contributed by atoms with E-state index in [0.29, 0.717) is 23.0 Å². The lowest BCUT2D eigenvalue weighted by atomic mass is 10.0. The molecular formula is C27H33Cl2N5O4. The molecule has 2 aliphatic heterocycles. The van der Waals surface area contributed by atoms with Gasteiger partial charge >= 0.3 is 6.03 Å². The summed E-state index contributed by atoms with van der Waals surface area (Å²) in [5.41, 5.74) is 1.66. The molecule has 2 fully saturated rings. The van der Waals surface area contributed by atoms with Gasteiger partial charge in [-0.2, -0.15) is 0 Å². The third-order valence-electron chi connectivity index (χ3n) is 6.96. The van der Waals surface area contributed by atoms with Gasteiger partial charge in [-0.1, -0.05) is 61.2 Å².